The van der Waals surface area contributed by atoms with Gasteiger partial charge in [0.15, 0.2) is 0 Å². The van der Waals surface area contributed by atoms with Crippen molar-refractivity contribution >= 4 is 29.6 Å². The van der Waals surface area contributed by atoms with Gasteiger partial charge in [0.25, 0.3) is 12.2 Å². The molecule has 2 rings (SSSR count). The van der Waals surface area contributed by atoms with Crippen molar-refractivity contribution in [2.24, 2.45) is 0 Å². The quantitative estimate of drug-likeness (QED) is 0.447. The van der Waals surface area contributed by atoms with Gasteiger partial charge < -0.3 is 15.8 Å². The number of carbonyl (C=O) groups excluding carboxylic acids is 2. The first-order valence-electron chi connectivity index (χ1n) is 5.75. The molecule has 0 aliphatic carbocycles. The second-order valence-electron chi connectivity index (χ2n) is 3.83. The topological polar surface area (TPSA) is 97.2 Å². The summed E-state index contributed by atoms with van der Waals surface area (Å²) >= 11 is 0. The predicted molar refractivity (Wildman–Crippen MR) is 74.2 cm³/mol. The first-order chi connectivity index (χ1) is 9.69. The Morgan fingerprint density at radius 1 is 1.10 bits per heavy atom. The SMILES string of the molecule is O=CNc1cc(NC(=O)Nc2ccccc2)cc[n+]1[O-]. The number of para-hydroxylation sites is 1. The Hall–Kier alpha value is -3.09. The second-order valence-corrected chi connectivity index (χ2v) is 3.83. The molecule has 7 heteroatoms. The number of benzene rings is 1. The van der Waals surface area contributed by atoms with E-state index in [1.807, 2.05) is 6.07 Å². The van der Waals surface area contributed by atoms with Gasteiger partial charge in [-0.05, 0) is 12.1 Å². The number of pyridine rings is 1. The second kappa shape index (κ2) is 6.19. The van der Waals surface area contributed by atoms with Crippen molar-refractivity contribution in [1.29, 1.82) is 0 Å². The van der Waals surface area contributed by atoms with Crippen molar-refractivity contribution in [2.45, 2.75) is 0 Å². The largest absolute Gasteiger partial charge is 0.711 e. The monoisotopic (exact) mass is 272 g/mol. The molecule has 1 aromatic heterocycles. The molecule has 102 valence electrons. The molecule has 0 bridgehead atoms. The van der Waals surface area contributed by atoms with Crippen LogP contribution in [0, 0.1) is 5.21 Å². The van der Waals surface area contributed by atoms with E-state index in [-0.39, 0.29) is 5.82 Å². The molecule has 0 spiro atoms. The lowest BCUT2D eigenvalue weighted by Crippen LogP contribution is -2.30. The van der Waals surface area contributed by atoms with Gasteiger partial charge in [0.1, 0.15) is 0 Å². The zero-order valence-electron chi connectivity index (χ0n) is 10.4. The van der Waals surface area contributed by atoms with Gasteiger partial charge in [0, 0.05) is 11.8 Å². The smallest absolute Gasteiger partial charge is 0.323 e. The van der Waals surface area contributed by atoms with Crippen LogP contribution in [0.4, 0.5) is 22.0 Å². The zero-order chi connectivity index (χ0) is 14.4. The highest BCUT2D eigenvalue weighted by Crippen LogP contribution is 2.11. The van der Waals surface area contributed by atoms with E-state index in [2.05, 4.69) is 16.0 Å². The zero-order valence-corrected chi connectivity index (χ0v) is 10.4. The Bertz CT molecular complexity index is 616. The van der Waals surface area contributed by atoms with Crippen LogP contribution in [0.5, 0.6) is 0 Å². The molecular weight excluding hydrogens is 260 g/mol. The van der Waals surface area contributed by atoms with E-state index < -0.39 is 6.03 Å². The van der Waals surface area contributed by atoms with Crippen LogP contribution < -0.4 is 20.7 Å². The molecule has 0 aliphatic rings. The van der Waals surface area contributed by atoms with Gasteiger partial charge in [-0.15, -0.1) is 0 Å². The molecule has 1 heterocycles. The highest BCUT2D eigenvalue weighted by Gasteiger charge is 2.07. The normalized spacial score (nSPS) is 9.60. The number of urea groups is 1. The maximum Gasteiger partial charge on any atom is 0.323 e. The highest BCUT2D eigenvalue weighted by atomic mass is 16.5. The van der Waals surface area contributed by atoms with E-state index >= 15 is 0 Å². The van der Waals surface area contributed by atoms with Gasteiger partial charge in [-0.2, -0.15) is 0 Å². The van der Waals surface area contributed by atoms with Gasteiger partial charge in [0.2, 0.25) is 0 Å². The number of hydrogen-bond donors (Lipinski definition) is 3. The van der Waals surface area contributed by atoms with Crippen LogP contribution in [0.3, 0.4) is 0 Å². The summed E-state index contributed by atoms with van der Waals surface area (Å²) in [6.07, 6.45) is 1.57. The molecule has 0 atom stereocenters. The Balaban J connectivity index is 2.04. The van der Waals surface area contributed by atoms with Crippen molar-refractivity contribution in [3.63, 3.8) is 0 Å². The fourth-order valence-electron chi connectivity index (χ4n) is 1.55. The average molecular weight is 272 g/mol. The van der Waals surface area contributed by atoms with Crippen LogP contribution in [-0.4, -0.2) is 12.4 Å². The number of amides is 3. The van der Waals surface area contributed by atoms with Crippen molar-refractivity contribution in [3.05, 3.63) is 53.9 Å². The summed E-state index contributed by atoms with van der Waals surface area (Å²) in [5.41, 5.74) is 1.03. The van der Waals surface area contributed by atoms with E-state index in [9.17, 15) is 14.8 Å². The molecule has 0 fully saturated rings. The minimum Gasteiger partial charge on any atom is -0.711 e. The van der Waals surface area contributed by atoms with Crippen LogP contribution in [-0.2, 0) is 4.79 Å². The maximum atomic E-state index is 11.7. The molecule has 7 nitrogen and oxygen atoms in total. The predicted octanol–water partition coefficient (Wildman–Crippen LogP) is 1.53. The molecule has 0 saturated carbocycles. The summed E-state index contributed by atoms with van der Waals surface area (Å²) in [5.74, 6) is 0.0255. The van der Waals surface area contributed by atoms with Crippen molar-refractivity contribution in [1.82, 2.24) is 0 Å². The first-order valence-corrected chi connectivity index (χ1v) is 5.75. The summed E-state index contributed by atoms with van der Waals surface area (Å²) in [4.78, 5) is 22.1. The highest BCUT2D eigenvalue weighted by molar-refractivity contribution is 5.99. The van der Waals surface area contributed by atoms with E-state index in [1.165, 1.54) is 18.3 Å². The van der Waals surface area contributed by atoms with Crippen molar-refractivity contribution in [2.75, 3.05) is 16.0 Å². The van der Waals surface area contributed by atoms with Crippen LogP contribution in [0.1, 0.15) is 0 Å². The maximum absolute atomic E-state index is 11.7. The Labute approximate surface area is 114 Å². The van der Waals surface area contributed by atoms with Crippen LogP contribution in [0.25, 0.3) is 0 Å². The molecule has 0 unspecified atom stereocenters. The Morgan fingerprint density at radius 3 is 2.50 bits per heavy atom. The Kier molecular flexibility index (Phi) is 4.13. The third-order valence-electron chi connectivity index (χ3n) is 2.42. The Morgan fingerprint density at radius 2 is 1.80 bits per heavy atom. The number of rotatable bonds is 4. The number of aromatic nitrogens is 1. The number of nitrogens with zero attached hydrogens (tertiary/aromatic N) is 1. The molecule has 20 heavy (non-hydrogen) atoms. The fourth-order valence-corrected chi connectivity index (χ4v) is 1.55. The lowest BCUT2D eigenvalue weighted by Gasteiger charge is -2.10. The molecular formula is C13H12N4O3. The van der Waals surface area contributed by atoms with Gasteiger partial charge in [-0.1, -0.05) is 18.2 Å². The lowest BCUT2D eigenvalue weighted by atomic mass is 10.3. The molecule has 3 amide bonds. The molecule has 0 saturated heterocycles. The van der Waals surface area contributed by atoms with Gasteiger partial charge >= 0.3 is 6.03 Å². The minimum atomic E-state index is -0.447. The van der Waals surface area contributed by atoms with E-state index in [0.29, 0.717) is 22.5 Å². The number of anilines is 3. The van der Waals surface area contributed by atoms with Gasteiger partial charge in [0.05, 0.1) is 18.0 Å². The van der Waals surface area contributed by atoms with E-state index in [1.54, 1.807) is 24.3 Å². The fraction of sp³-hybridized carbons (Fsp3) is 0. The average Bonchev–Trinajstić information content (AvgIpc) is 2.44. The number of hydrogen-bond acceptors (Lipinski definition) is 3. The minimum absolute atomic E-state index is 0.0255. The van der Waals surface area contributed by atoms with Crippen LogP contribution in [0.15, 0.2) is 48.7 Å². The van der Waals surface area contributed by atoms with Crippen LogP contribution in [0.2, 0.25) is 0 Å². The van der Waals surface area contributed by atoms with Crippen molar-refractivity contribution < 1.29 is 14.3 Å². The lowest BCUT2D eigenvalue weighted by molar-refractivity contribution is -0.589. The number of carbonyl (C=O) groups is 2. The molecule has 3 N–H and O–H groups in total. The van der Waals surface area contributed by atoms with E-state index in [4.69, 9.17) is 0 Å². The summed E-state index contributed by atoms with van der Waals surface area (Å²) in [5, 5.41) is 18.7. The summed E-state index contributed by atoms with van der Waals surface area (Å²) in [6.45, 7) is 0. The van der Waals surface area contributed by atoms with Crippen molar-refractivity contribution in [3.8, 4) is 0 Å². The summed E-state index contributed by atoms with van der Waals surface area (Å²) < 4.78 is 0.481. The van der Waals surface area contributed by atoms with Gasteiger partial charge in [-0.3, -0.25) is 4.79 Å². The van der Waals surface area contributed by atoms with Crippen LogP contribution >= 0.6 is 0 Å². The summed E-state index contributed by atoms with van der Waals surface area (Å²) in [6, 6.07) is 11.3. The molecule has 0 radical (unpaired) electrons. The number of nitrogens with one attached hydrogen (secondary N) is 3. The molecule has 1 aromatic carbocycles. The third-order valence-corrected chi connectivity index (χ3v) is 2.42. The molecule has 0 aliphatic heterocycles. The molecule has 2 aromatic rings. The third kappa shape index (κ3) is 3.45. The van der Waals surface area contributed by atoms with Gasteiger partial charge in [-0.25, -0.2) is 14.8 Å². The summed E-state index contributed by atoms with van der Waals surface area (Å²) in [7, 11) is 0. The van der Waals surface area contributed by atoms with E-state index in [0.717, 1.165) is 0 Å². The first kappa shape index (κ1) is 13.3. The standard InChI is InChI=1S/C13H12N4O3/c18-9-14-12-8-11(6-7-17(12)20)16-13(19)15-10-4-2-1-3-5-10/h1-9H,(H,14,18)(H2,15,16,19).